The Hall–Kier alpha value is -3.04. The van der Waals surface area contributed by atoms with Crippen LogP contribution in [0.1, 0.15) is 24.6 Å². The highest BCUT2D eigenvalue weighted by Gasteiger charge is 2.21. The molecule has 0 aromatic carbocycles. The minimum absolute atomic E-state index is 0.0779. The van der Waals surface area contributed by atoms with E-state index in [0.717, 1.165) is 40.2 Å². The molecule has 0 spiro atoms. The zero-order valence-electron chi connectivity index (χ0n) is 12.9. The maximum Gasteiger partial charge on any atom is 0.0961 e. The number of fused-ring (bicyclic) bond motifs is 1. The number of dihydropyridines is 1. The predicted octanol–water partition coefficient (Wildman–Crippen LogP) is 3.26. The van der Waals surface area contributed by atoms with Gasteiger partial charge in [-0.2, -0.15) is 5.10 Å². The molecule has 0 fully saturated rings. The highest BCUT2D eigenvalue weighted by Crippen LogP contribution is 2.22. The Morgan fingerprint density at radius 3 is 3.17 bits per heavy atom. The third-order valence-corrected chi connectivity index (χ3v) is 3.67. The number of aromatic nitrogens is 2. The number of nitrogens with one attached hydrogen (secondary N) is 2. The molecule has 1 atom stereocenters. The largest absolute Gasteiger partial charge is 0.277 e. The normalized spacial score (nSPS) is 19.5. The third-order valence-electron chi connectivity index (χ3n) is 3.67. The number of allylic oxidation sites excluding steroid dienone is 5. The smallest absolute Gasteiger partial charge is 0.0961 e. The fourth-order valence-electron chi connectivity index (χ4n) is 2.57. The van der Waals surface area contributed by atoms with Crippen LogP contribution in [0.4, 0.5) is 0 Å². The molecule has 114 valence electrons. The van der Waals surface area contributed by atoms with Crippen LogP contribution in [0.15, 0.2) is 64.9 Å². The van der Waals surface area contributed by atoms with Crippen LogP contribution in [-0.4, -0.2) is 33.5 Å². The van der Waals surface area contributed by atoms with Crippen molar-refractivity contribution in [2.24, 2.45) is 9.98 Å². The molecule has 3 heterocycles. The second kappa shape index (κ2) is 6.38. The van der Waals surface area contributed by atoms with Crippen LogP contribution in [0.25, 0.3) is 5.57 Å². The van der Waals surface area contributed by atoms with Gasteiger partial charge < -0.3 is 0 Å². The van der Waals surface area contributed by atoms with Crippen LogP contribution in [-0.2, 0) is 0 Å². The number of rotatable bonds is 4. The van der Waals surface area contributed by atoms with Crippen molar-refractivity contribution < 1.29 is 0 Å². The van der Waals surface area contributed by atoms with Crippen LogP contribution >= 0.6 is 0 Å². The Morgan fingerprint density at radius 1 is 1.48 bits per heavy atom. The SMILES string of the molecule is C=C(/C=C(/C)C=C=N)c1[nH]ncc1C1=NC2CC=CN=C2C=C1. The quantitative estimate of drug-likeness (QED) is 0.650. The van der Waals surface area contributed by atoms with E-state index < -0.39 is 0 Å². The number of aromatic amines is 1. The van der Waals surface area contributed by atoms with Gasteiger partial charge in [-0.05, 0) is 48.6 Å². The van der Waals surface area contributed by atoms with E-state index in [0.29, 0.717) is 0 Å². The van der Waals surface area contributed by atoms with E-state index in [4.69, 9.17) is 10.4 Å². The summed E-state index contributed by atoms with van der Waals surface area (Å²) in [6, 6.07) is 0.0779. The fourth-order valence-corrected chi connectivity index (χ4v) is 2.57. The van der Waals surface area contributed by atoms with Gasteiger partial charge in [-0.25, -0.2) is 0 Å². The molecular weight excluding hydrogens is 286 g/mol. The Kier molecular flexibility index (Phi) is 4.13. The molecule has 0 amide bonds. The second-order valence-electron chi connectivity index (χ2n) is 5.40. The van der Waals surface area contributed by atoms with E-state index >= 15 is 0 Å². The summed E-state index contributed by atoms with van der Waals surface area (Å²) in [6.45, 7) is 5.99. The molecule has 1 aromatic heterocycles. The van der Waals surface area contributed by atoms with Crippen molar-refractivity contribution in [3.05, 3.63) is 66.2 Å². The number of nitrogens with zero attached hydrogens (tertiary/aromatic N) is 3. The molecule has 2 aliphatic rings. The van der Waals surface area contributed by atoms with Crippen LogP contribution in [0.5, 0.6) is 0 Å². The highest BCUT2D eigenvalue weighted by atomic mass is 15.1. The van der Waals surface area contributed by atoms with Crippen LogP contribution in [0.2, 0.25) is 0 Å². The summed E-state index contributed by atoms with van der Waals surface area (Å²) >= 11 is 0. The molecule has 0 saturated heterocycles. The second-order valence-corrected chi connectivity index (χ2v) is 5.40. The highest BCUT2D eigenvalue weighted by molar-refractivity contribution is 6.18. The number of hydrogen-bond donors (Lipinski definition) is 2. The lowest BCUT2D eigenvalue weighted by molar-refractivity contribution is 0.862. The summed E-state index contributed by atoms with van der Waals surface area (Å²) < 4.78 is 0. The summed E-state index contributed by atoms with van der Waals surface area (Å²) in [5.41, 5.74) is 5.31. The molecule has 0 saturated carbocycles. The lowest BCUT2D eigenvalue weighted by atomic mass is 9.98. The molecular formula is C18H17N5. The van der Waals surface area contributed by atoms with Crippen molar-refractivity contribution >= 4 is 22.9 Å². The van der Waals surface area contributed by atoms with Gasteiger partial charge in [0.25, 0.3) is 0 Å². The summed E-state index contributed by atoms with van der Waals surface area (Å²) in [7, 11) is 0. The molecule has 0 radical (unpaired) electrons. The predicted molar refractivity (Wildman–Crippen MR) is 94.3 cm³/mol. The van der Waals surface area contributed by atoms with E-state index in [1.165, 1.54) is 0 Å². The molecule has 0 aliphatic carbocycles. The minimum atomic E-state index is 0.0779. The third kappa shape index (κ3) is 3.10. The lowest BCUT2D eigenvalue weighted by Gasteiger charge is -2.19. The monoisotopic (exact) mass is 303 g/mol. The number of hydrogen-bond acceptors (Lipinski definition) is 4. The van der Waals surface area contributed by atoms with Gasteiger partial charge in [0.15, 0.2) is 0 Å². The summed E-state index contributed by atoms with van der Waals surface area (Å²) in [5, 5.41) is 14.1. The van der Waals surface area contributed by atoms with E-state index in [1.54, 1.807) is 12.3 Å². The molecule has 5 nitrogen and oxygen atoms in total. The Morgan fingerprint density at radius 2 is 2.35 bits per heavy atom. The summed E-state index contributed by atoms with van der Waals surface area (Å²) in [6.07, 6.45) is 13.9. The average Bonchev–Trinajstić information content (AvgIpc) is 3.04. The van der Waals surface area contributed by atoms with Gasteiger partial charge in [0, 0.05) is 17.8 Å². The molecule has 5 heteroatoms. The lowest BCUT2D eigenvalue weighted by Crippen LogP contribution is -2.23. The van der Waals surface area contributed by atoms with Gasteiger partial charge in [-0.15, -0.1) is 0 Å². The van der Waals surface area contributed by atoms with Gasteiger partial charge in [-0.3, -0.25) is 20.5 Å². The fraction of sp³-hybridized carbons (Fsp3) is 0.167. The zero-order valence-corrected chi connectivity index (χ0v) is 12.9. The van der Waals surface area contributed by atoms with Gasteiger partial charge in [0.05, 0.1) is 29.4 Å². The Bertz CT molecular complexity index is 839. The molecule has 2 aliphatic heterocycles. The van der Waals surface area contributed by atoms with Crippen LogP contribution in [0, 0.1) is 5.41 Å². The zero-order chi connectivity index (χ0) is 16.2. The van der Waals surface area contributed by atoms with Crippen molar-refractivity contribution in [2.45, 2.75) is 19.4 Å². The molecule has 2 N–H and O–H groups in total. The first-order chi connectivity index (χ1) is 11.2. The first-order valence-corrected chi connectivity index (χ1v) is 7.34. The van der Waals surface area contributed by atoms with Gasteiger partial charge >= 0.3 is 0 Å². The molecule has 0 bridgehead atoms. The van der Waals surface area contributed by atoms with E-state index in [2.05, 4.69) is 27.6 Å². The number of aliphatic imine (C=N–C) groups is 2. The van der Waals surface area contributed by atoms with Crippen molar-refractivity contribution in [2.75, 3.05) is 0 Å². The molecule has 3 rings (SSSR count). The summed E-state index contributed by atoms with van der Waals surface area (Å²) in [4.78, 5) is 9.13. The van der Waals surface area contributed by atoms with Gasteiger partial charge in [-0.1, -0.05) is 12.7 Å². The minimum Gasteiger partial charge on any atom is -0.277 e. The first-order valence-electron chi connectivity index (χ1n) is 7.34. The van der Waals surface area contributed by atoms with Crippen LogP contribution in [0.3, 0.4) is 0 Å². The van der Waals surface area contributed by atoms with E-state index in [1.807, 2.05) is 37.4 Å². The van der Waals surface area contributed by atoms with Gasteiger partial charge in [0.2, 0.25) is 0 Å². The number of H-pyrrole nitrogens is 1. The topological polar surface area (TPSA) is 77.2 Å². The van der Waals surface area contributed by atoms with Gasteiger partial charge in [0.1, 0.15) is 0 Å². The van der Waals surface area contributed by atoms with Crippen molar-refractivity contribution in [1.82, 2.24) is 10.2 Å². The first kappa shape index (κ1) is 14.9. The van der Waals surface area contributed by atoms with E-state index in [9.17, 15) is 0 Å². The van der Waals surface area contributed by atoms with Crippen molar-refractivity contribution in [3.63, 3.8) is 0 Å². The van der Waals surface area contributed by atoms with Crippen LogP contribution < -0.4 is 0 Å². The van der Waals surface area contributed by atoms with Crippen molar-refractivity contribution in [3.8, 4) is 0 Å². The Balaban J connectivity index is 1.92. The summed E-state index contributed by atoms with van der Waals surface area (Å²) in [5.74, 6) is 2.26. The molecule has 1 aromatic rings. The molecule has 1 unspecified atom stereocenters. The maximum absolute atomic E-state index is 7.00. The van der Waals surface area contributed by atoms with E-state index in [-0.39, 0.29) is 6.04 Å². The van der Waals surface area contributed by atoms with Crippen molar-refractivity contribution in [1.29, 1.82) is 5.41 Å². The maximum atomic E-state index is 7.00. The molecule has 23 heavy (non-hydrogen) atoms. The Labute approximate surface area is 134 Å². The standard InChI is InChI=1S/C18H17N5/c1-12(7-8-19)10-13(2)18-14(11-21-23-18)15-5-6-16-17(22-15)4-3-9-20-16/h3,5-7,9-11,17,19H,2,4H2,1H3,(H,21,23)/b12-10-. The average molecular weight is 303 g/mol.